The molecule has 2 aliphatic heterocycles. The van der Waals surface area contributed by atoms with Crippen molar-refractivity contribution in [1.29, 1.82) is 0 Å². The lowest BCUT2D eigenvalue weighted by Crippen LogP contribution is -2.35. The highest BCUT2D eigenvalue weighted by atomic mass is 32.2. The van der Waals surface area contributed by atoms with Gasteiger partial charge in [0, 0.05) is 24.1 Å². The normalized spacial score (nSPS) is 23.8. The molecular formula is C16H17N3O2S. The van der Waals surface area contributed by atoms with E-state index in [0.717, 1.165) is 30.7 Å². The Balaban J connectivity index is 1.60. The van der Waals surface area contributed by atoms with Gasteiger partial charge < -0.3 is 9.42 Å². The Labute approximate surface area is 133 Å². The van der Waals surface area contributed by atoms with Crippen LogP contribution in [0.5, 0.6) is 0 Å². The first kappa shape index (κ1) is 13.8. The fourth-order valence-corrected chi connectivity index (χ4v) is 4.54. The third-order valence-electron chi connectivity index (χ3n) is 4.38. The molecule has 2 atom stereocenters. The van der Waals surface area contributed by atoms with Crippen molar-refractivity contribution in [2.24, 2.45) is 0 Å². The van der Waals surface area contributed by atoms with Crippen LogP contribution in [-0.2, 0) is 4.79 Å². The van der Waals surface area contributed by atoms with Crippen LogP contribution in [0.1, 0.15) is 42.1 Å². The number of carbonyl (C=O) groups excluding carboxylic acids is 1. The number of rotatable bonds is 2. The largest absolute Gasteiger partial charge is 0.340 e. The fraction of sp³-hybridized carbons (Fsp3) is 0.438. The van der Waals surface area contributed by atoms with Crippen LogP contribution in [0.2, 0.25) is 0 Å². The number of benzene rings is 1. The molecule has 22 heavy (non-hydrogen) atoms. The number of hydrogen-bond donors (Lipinski definition) is 0. The average molecular weight is 315 g/mol. The van der Waals surface area contributed by atoms with Gasteiger partial charge in [-0.15, -0.1) is 11.8 Å². The highest BCUT2D eigenvalue weighted by molar-refractivity contribution is 7.99. The van der Waals surface area contributed by atoms with Crippen molar-refractivity contribution in [3.8, 4) is 0 Å². The number of hydrogen-bond acceptors (Lipinski definition) is 5. The minimum absolute atomic E-state index is 0.0392. The maximum atomic E-state index is 13.0. The molecule has 0 bridgehead atoms. The first-order valence-corrected chi connectivity index (χ1v) is 8.55. The van der Waals surface area contributed by atoms with E-state index in [2.05, 4.69) is 22.3 Å². The number of nitrogens with zero attached hydrogens (tertiary/aromatic N) is 3. The number of likely N-dealkylation sites (tertiary alicyclic amines) is 1. The van der Waals surface area contributed by atoms with E-state index in [1.54, 1.807) is 18.7 Å². The Morgan fingerprint density at radius 2 is 2.27 bits per heavy atom. The molecule has 0 spiro atoms. The second-order valence-corrected chi connectivity index (χ2v) is 6.82. The van der Waals surface area contributed by atoms with Gasteiger partial charge in [-0.25, -0.2) is 0 Å². The van der Waals surface area contributed by atoms with E-state index >= 15 is 0 Å². The van der Waals surface area contributed by atoms with E-state index in [1.165, 1.54) is 4.90 Å². The summed E-state index contributed by atoms with van der Waals surface area (Å²) in [5, 5.41) is 4.02. The van der Waals surface area contributed by atoms with E-state index in [-0.39, 0.29) is 17.9 Å². The van der Waals surface area contributed by atoms with Crippen LogP contribution in [-0.4, -0.2) is 33.2 Å². The topological polar surface area (TPSA) is 59.2 Å². The maximum Gasteiger partial charge on any atom is 0.231 e. The van der Waals surface area contributed by atoms with Crippen molar-refractivity contribution in [1.82, 2.24) is 15.0 Å². The molecule has 1 aromatic heterocycles. The van der Waals surface area contributed by atoms with Crippen molar-refractivity contribution >= 4 is 17.7 Å². The molecule has 6 heteroatoms. The molecule has 2 aliphatic rings. The number of aryl methyl sites for hydroxylation is 1. The Morgan fingerprint density at radius 1 is 1.41 bits per heavy atom. The van der Waals surface area contributed by atoms with Gasteiger partial charge in [0.05, 0.1) is 12.0 Å². The van der Waals surface area contributed by atoms with Gasteiger partial charge in [-0.3, -0.25) is 4.79 Å². The lowest BCUT2D eigenvalue weighted by atomic mass is 9.99. The van der Waals surface area contributed by atoms with Crippen molar-refractivity contribution in [2.45, 2.75) is 36.6 Å². The van der Waals surface area contributed by atoms with Crippen LogP contribution in [0.4, 0.5) is 0 Å². The summed E-state index contributed by atoms with van der Waals surface area (Å²) in [5.74, 6) is 2.17. The summed E-state index contributed by atoms with van der Waals surface area (Å²) in [6.45, 7) is 2.56. The van der Waals surface area contributed by atoms with Crippen LogP contribution in [0.25, 0.3) is 0 Å². The smallest absolute Gasteiger partial charge is 0.231 e. The van der Waals surface area contributed by atoms with Gasteiger partial charge in [0.25, 0.3) is 0 Å². The van der Waals surface area contributed by atoms with Crippen LogP contribution in [0.15, 0.2) is 33.7 Å². The Hall–Kier alpha value is -1.82. The van der Waals surface area contributed by atoms with Crippen molar-refractivity contribution in [3.05, 3.63) is 41.5 Å². The van der Waals surface area contributed by atoms with E-state index in [1.807, 2.05) is 17.0 Å². The summed E-state index contributed by atoms with van der Waals surface area (Å²) >= 11 is 1.77. The molecule has 0 radical (unpaired) electrons. The van der Waals surface area contributed by atoms with Crippen LogP contribution < -0.4 is 0 Å². The SMILES string of the molecule is Cc1nc([C@@H]2CCCN2C(=O)[C@H]2CSc3ccccc32)no1. The first-order valence-electron chi connectivity index (χ1n) is 7.56. The summed E-state index contributed by atoms with van der Waals surface area (Å²) in [7, 11) is 0. The molecule has 2 aromatic rings. The predicted molar refractivity (Wildman–Crippen MR) is 82.6 cm³/mol. The molecule has 0 aliphatic carbocycles. The van der Waals surface area contributed by atoms with Crippen molar-refractivity contribution < 1.29 is 9.32 Å². The van der Waals surface area contributed by atoms with Crippen LogP contribution in [0.3, 0.4) is 0 Å². The molecule has 0 unspecified atom stereocenters. The van der Waals surface area contributed by atoms with E-state index in [4.69, 9.17) is 4.52 Å². The van der Waals surface area contributed by atoms with E-state index in [0.29, 0.717) is 11.7 Å². The zero-order chi connectivity index (χ0) is 15.1. The Bertz CT molecular complexity index is 715. The fourth-order valence-electron chi connectivity index (χ4n) is 3.32. The number of fused-ring (bicyclic) bond motifs is 1. The zero-order valence-electron chi connectivity index (χ0n) is 12.4. The molecule has 3 heterocycles. The zero-order valence-corrected chi connectivity index (χ0v) is 13.2. The lowest BCUT2D eigenvalue weighted by Gasteiger charge is -2.25. The third-order valence-corrected chi connectivity index (χ3v) is 5.56. The van der Waals surface area contributed by atoms with E-state index < -0.39 is 0 Å². The summed E-state index contributed by atoms with van der Waals surface area (Å²) in [6.07, 6.45) is 1.90. The summed E-state index contributed by atoms with van der Waals surface area (Å²) in [6, 6.07) is 8.16. The lowest BCUT2D eigenvalue weighted by molar-refractivity contribution is -0.133. The Kier molecular flexibility index (Phi) is 3.41. The number of amides is 1. The molecule has 1 fully saturated rings. The van der Waals surface area contributed by atoms with Gasteiger partial charge in [0.2, 0.25) is 11.8 Å². The molecule has 1 aromatic carbocycles. The molecule has 0 saturated carbocycles. The predicted octanol–water partition coefficient (Wildman–Crippen LogP) is 2.93. The second-order valence-electron chi connectivity index (χ2n) is 5.76. The van der Waals surface area contributed by atoms with Gasteiger partial charge in [-0.05, 0) is 24.5 Å². The molecule has 114 valence electrons. The monoisotopic (exact) mass is 315 g/mol. The highest BCUT2D eigenvalue weighted by Crippen LogP contribution is 2.42. The summed E-state index contributed by atoms with van der Waals surface area (Å²) < 4.78 is 5.08. The quantitative estimate of drug-likeness (QED) is 0.853. The van der Waals surface area contributed by atoms with E-state index in [9.17, 15) is 4.79 Å². The summed E-state index contributed by atoms with van der Waals surface area (Å²) in [4.78, 5) is 20.5. The minimum Gasteiger partial charge on any atom is -0.340 e. The molecule has 1 saturated heterocycles. The van der Waals surface area contributed by atoms with Crippen LogP contribution >= 0.6 is 11.8 Å². The molecule has 5 nitrogen and oxygen atoms in total. The van der Waals surface area contributed by atoms with Crippen molar-refractivity contribution in [3.63, 3.8) is 0 Å². The molecule has 1 amide bonds. The molecular weight excluding hydrogens is 298 g/mol. The number of thioether (sulfide) groups is 1. The van der Waals surface area contributed by atoms with Gasteiger partial charge in [-0.2, -0.15) is 4.98 Å². The van der Waals surface area contributed by atoms with Gasteiger partial charge in [0.15, 0.2) is 5.82 Å². The minimum atomic E-state index is -0.0465. The summed E-state index contributed by atoms with van der Waals surface area (Å²) in [5.41, 5.74) is 1.16. The van der Waals surface area contributed by atoms with Gasteiger partial charge >= 0.3 is 0 Å². The highest BCUT2D eigenvalue weighted by Gasteiger charge is 2.39. The maximum absolute atomic E-state index is 13.0. The van der Waals surface area contributed by atoms with Gasteiger partial charge in [-0.1, -0.05) is 23.4 Å². The third kappa shape index (κ3) is 2.22. The number of carbonyl (C=O) groups is 1. The molecule has 4 rings (SSSR count). The van der Waals surface area contributed by atoms with Crippen molar-refractivity contribution in [2.75, 3.05) is 12.3 Å². The first-order chi connectivity index (χ1) is 10.7. The standard InChI is InChI=1S/C16H17N3O2S/c1-10-17-15(18-21-10)13-6-4-8-19(13)16(20)12-9-22-14-7-3-2-5-11(12)14/h2-3,5,7,12-13H,4,6,8-9H2,1H3/t12-,13-/m0/s1. The van der Waals surface area contributed by atoms with Gasteiger partial charge in [0.1, 0.15) is 0 Å². The average Bonchev–Trinajstić information content (AvgIpc) is 3.25. The van der Waals surface area contributed by atoms with Crippen LogP contribution in [0, 0.1) is 6.92 Å². The Morgan fingerprint density at radius 3 is 3.09 bits per heavy atom. The second kappa shape index (κ2) is 5.43. The number of aromatic nitrogens is 2. The molecule has 0 N–H and O–H groups in total.